The summed E-state index contributed by atoms with van der Waals surface area (Å²) in [4.78, 5) is 16.6. The average Bonchev–Trinajstić information content (AvgIpc) is 3.29. The van der Waals surface area contributed by atoms with E-state index in [1.807, 2.05) is 29.2 Å². The molecule has 0 radical (unpaired) electrons. The smallest absolute Gasteiger partial charge is 0.275 e. The molecule has 0 saturated carbocycles. The van der Waals surface area contributed by atoms with Gasteiger partial charge in [-0.05, 0) is 47.4 Å². The molecule has 1 aromatic carbocycles. The number of thiophene rings is 1. The summed E-state index contributed by atoms with van der Waals surface area (Å²) in [6.07, 6.45) is 1.81. The van der Waals surface area contributed by atoms with Gasteiger partial charge in [-0.3, -0.25) is 9.89 Å². The van der Waals surface area contributed by atoms with Crippen molar-refractivity contribution in [1.82, 2.24) is 15.1 Å². The zero-order chi connectivity index (χ0) is 18.1. The molecule has 26 heavy (non-hydrogen) atoms. The van der Waals surface area contributed by atoms with Crippen molar-refractivity contribution in [2.24, 2.45) is 5.92 Å². The van der Waals surface area contributed by atoms with Gasteiger partial charge in [0, 0.05) is 17.1 Å². The maximum absolute atomic E-state index is 13.3. The molecule has 1 N–H and O–H groups in total. The van der Waals surface area contributed by atoms with Gasteiger partial charge in [-0.1, -0.05) is 44.2 Å². The zero-order valence-electron chi connectivity index (χ0n) is 15.1. The van der Waals surface area contributed by atoms with Crippen LogP contribution in [-0.4, -0.2) is 27.5 Å². The summed E-state index contributed by atoms with van der Waals surface area (Å²) in [5.41, 5.74) is 3.94. The number of fused-ring (bicyclic) bond motifs is 1. The van der Waals surface area contributed by atoms with Crippen LogP contribution in [0, 0.1) is 5.92 Å². The van der Waals surface area contributed by atoms with Crippen LogP contribution < -0.4 is 0 Å². The van der Waals surface area contributed by atoms with E-state index in [4.69, 9.17) is 0 Å². The van der Waals surface area contributed by atoms with Gasteiger partial charge in [0.2, 0.25) is 0 Å². The van der Waals surface area contributed by atoms with Gasteiger partial charge in [0.05, 0.1) is 6.04 Å². The van der Waals surface area contributed by atoms with Crippen molar-refractivity contribution in [3.63, 3.8) is 0 Å². The minimum Gasteiger partial charge on any atom is -0.326 e. The highest BCUT2D eigenvalue weighted by Crippen LogP contribution is 2.38. The molecular weight excluding hydrogens is 342 g/mol. The number of aromatic amines is 1. The first-order valence-corrected chi connectivity index (χ1v) is 9.98. The first-order valence-electron chi connectivity index (χ1n) is 9.10. The van der Waals surface area contributed by atoms with E-state index in [1.54, 1.807) is 11.3 Å². The molecule has 0 aliphatic carbocycles. The molecule has 0 bridgehead atoms. The molecule has 1 amide bonds. The quantitative estimate of drug-likeness (QED) is 0.742. The molecule has 1 aliphatic rings. The molecule has 3 aromatic rings. The van der Waals surface area contributed by atoms with Crippen LogP contribution in [0.5, 0.6) is 0 Å². The fraction of sp³-hybridized carbons (Fsp3) is 0.333. The summed E-state index contributed by atoms with van der Waals surface area (Å²) in [5.74, 6) is 0.528. The second kappa shape index (κ2) is 7.08. The number of hydrogen-bond acceptors (Lipinski definition) is 3. The van der Waals surface area contributed by atoms with Crippen molar-refractivity contribution in [3.05, 3.63) is 75.2 Å². The fourth-order valence-corrected chi connectivity index (χ4v) is 4.60. The number of carbonyl (C=O) groups excluding carboxylic acids is 1. The summed E-state index contributed by atoms with van der Waals surface area (Å²) in [7, 11) is 0. The predicted octanol–water partition coefficient (Wildman–Crippen LogP) is 4.46. The molecule has 4 rings (SSSR count). The largest absolute Gasteiger partial charge is 0.326 e. The van der Waals surface area contributed by atoms with Crippen LogP contribution in [0.2, 0.25) is 0 Å². The predicted molar refractivity (Wildman–Crippen MR) is 104 cm³/mol. The van der Waals surface area contributed by atoms with Gasteiger partial charge < -0.3 is 4.90 Å². The molecule has 134 valence electrons. The van der Waals surface area contributed by atoms with Crippen LogP contribution in [0.1, 0.15) is 52.1 Å². The molecule has 4 nitrogen and oxygen atoms in total. The van der Waals surface area contributed by atoms with Crippen LogP contribution in [0.25, 0.3) is 0 Å². The maximum atomic E-state index is 13.3. The second-order valence-electron chi connectivity index (χ2n) is 7.24. The lowest BCUT2D eigenvalue weighted by Gasteiger charge is -2.36. The molecule has 2 aromatic heterocycles. The minimum atomic E-state index is -0.0380. The van der Waals surface area contributed by atoms with Crippen molar-refractivity contribution >= 4 is 17.2 Å². The summed E-state index contributed by atoms with van der Waals surface area (Å²) < 4.78 is 0. The highest BCUT2D eigenvalue weighted by Gasteiger charge is 2.34. The Kier molecular flexibility index (Phi) is 4.64. The third kappa shape index (κ3) is 3.19. The molecule has 1 unspecified atom stereocenters. The molecule has 5 heteroatoms. The van der Waals surface area contributed by atoms with Gasteiger partial charge in [0.1, 0.15) is 5.69 Å². The summed E-state index contributed by atoms with van der Waals surface area (Å²) >= 11 is 1.78. The molecular formula is C21H23N3OS. The van der Waals surface area contributed by atoms with Crippen LogP contribution in [0.3, 0.4) is 0 Å². The van der Waals surface area contributed by atoms with Gasteiger partial charge in [0.15, 0.2) is 0 Å². The zero-order valence-corrected chi connectivity index (χ0v) is 15.9. The van der Waals surface area contributed by atoms with Gasteiger partial charge >= 0.3 is 0 Å². The first kappa shape index (κ1) is 17.0. The lowest BCUT2D eigenvalue weighted by atomic mass is 9.93. The molecule has 1 atom stereocenters. The topological polar surface area (TPSA) is 49.0 Å². The molecule has 1 aliphatic heterocycles. The lowest BCUT2D eigenvalue weighted by Crippen LogP contribution is -2.40. The van der Waals surface area contributed by atoms with Crippen molar-refractivity contribution < 1.29 is 4.79 Å². The van der Waals surface area contributed by atoms with E-state index < -0.39 is 0 Å². The Labute approximate surface area is 157 Å². The van der Waals surface area contributed by atoms with Crippen molar-refractivity contribution in [3.8, 4) is 0 Å². The second-order valence-corrected chi connectivity index (χ2v) is 8.24. The molecule has 0 fully saturated rings. The standard InChI is InChI=1S/C21H23N3OS/c1-14(2)12-16-13-18(23-22-16)21(25)24-10-8-19-17(9-11-26-19)20(24)15-6-4-3-5-7-15/h3-7,9,11,13-14,20H,8,10,12H2,1-2H3,(H,22,23). The Bertz CT molecular complexity index is 897. The van der Waals surface area contributed by atoms with Crippen LogP contribution in [-0.2, 0) is 12.8 Å². The third-order valence-corrected chi connectivity index (χ3v) is 5.82. The van der Waals surface area contributed by atoms with Crippen LogP contribution in [0.15, 0.2) is 47.8 Å². The Morgan fingerprint density at radius 1 is 1.31 bits per heavy atom. The number of nitrogens with zero attached hydrogens (tertiary/aromatic N) is 2. The van der Waals surface area contributed by atoms with Gasteiger partial charge in [-0.2, -0.15) is 5.10 Å². The van der Waals surface area contributed by atoms with E-state index in [2.05, 4.69) is 47.6 Å². The van der Waals surface area contributed by atoms with E-state index in [1.165, 1.54) is 10.4 Å². The summed E-state index contributed by atoms with van der Waals surface area (Å²) in [6, 6.07) is 14.3. The van der Waals surface area contributed by atoms with E-state index in [9.17, 15) is 4.79 Å². The number of aromatic nitrogens is 2. The lowest BCUT2D eigenvalue weighted by molar-refractivity contribution is 0.0690. The number of benzene rings is 1. The molecule has 0 spiro atoms. The Balaban J connectivity index is 1.68. The number of nitrogens with one attached hydrogen (secondary N) is 1. The Hall–Kier alpha value is -2.40. The first-order chi connectivity index (χ1) is 12.6. The summed E-state index contributed by atoms with van der Waals surface area (Å²) in [6.45, 7) is 5.05. The Morgan fingerprint density at radius 3 is 2.88 bits per heavy atom. The van der Waals surface area contributed by atoms with Crippen molar-refractivity contribution in [2.45, 2.75) is 32.7 Å². The molecule has 3 heterocycles. The summed E-state index contributed by atoms with van der Waals surface area (Å²) in [5, 5.41) is 9.46. The fourth-order valence-electron chi connectivity index (χ4n) is 3.69. The van der Waals surface area contributed by atoms with Crippen molar-refractivity contribution in [2.75, 3.05) is 6.54 Å². The van der Waals surface area contributed by atoms with E-state index in [0.29, 0.717) is 11.6 Å². The number of rotatable bonds is 4. The van der Waals surface area contributed by atoms with E-state index in [-0.39, 0.29) is 11.9 Å². The number of carbonyl (C=O) groups is 1. The van der Waals surface area contributed by atoms with E-state index in [0.717, 1.165) is 30.6 Å². The van der Waals surface area contributed by atoms with Gasteiger partial charge in [-0.15, -0.1) is 11.3 Å². The number of hydrogen-bond donors (Lipinski definition) is 1. The SMILES string of the molecule is CC(C)Cc1cc(C(=O)N2CCc3sccc3C2c2ccccc2)n[nH]1. The monoisotopic (exact) mass is 365 g/mol. The van der Waals surface area contributed by atoms with Crippen LogP contribution in [0.4, 0.5) is 0 Å². The molecule has 0 saturated heterocycles. The van der Waals surface area contributed by atoms with Gasteiger partial charge in [-0.25, -0.2) is 0 Å². The maximum Gasteiger partial charge on any atom is 0.275 e. The van der Waals surface area contributed by atoms with Gasteiger partial charge in [0.25, 0.3) is 5.91 Å². The normalized spacial score (nSPS) is 16.7. The highest BCUT2D eigenvalue weighted by atomic mass is 32.1. The number of H-pyrrole nitrogens is 1. The van der Waals surface area contributed by atoms with Crippen LogP contribution >= 0.6 is 11.3 Å². The van der Waals surface area contributed by atoms with Crippen molar-refractivity contribution in [1.29, 1.82) is 0 Å². The Morgan fingerprint density at radius 2 is 2.12 bits per heavy atom. The van der Waals surface area contributed by atoms with E-state index >= 15 is 0 Å². The number of amides is 1. The highest BCUT2D eigenvalue weighted by molar-refractivity contribution is 7.10. The minimum absolute atomic E-state index is 0.00181. The third-order valence-electron chi connectivity index (χ3n) is 4.82. The average molecular weight is 366 g/mol.